The Morgan fingerprint density at radius 3 is 2.66 bits per heavy atom. The van der Waals surface area contributed by atoms with Gasteiger partial charge in [-0.2, -0.15) is 0 Å². The highest BCUT2D eigenvalue weighted by molar-refractivity contribution is 7.17. The molecule has 0 N–H and O–H groups in total. The molecule has 38 heavy (non-hydrogen) atoms. The van der Waals surface area contributed by atoms with Crippen LogP contribution in [-0.2, 0) is 15.1 Å². The second kappa shape index (κ2) is 8.50. The highest BCUT2D eigenvalue weighted by atomic mass is 35.5. The zero-order valence-electron chi connectivity index (χ0n) is 20.5. The van der Waals surface area contributed by atoms with Crippen LogP contribution < -0.4 is 15.2 Å². The first-order chi connectivity index (χ1) is 18.2. The molecule has 2 aliphatic heterocycles. The molecule has 4 heterocycles. The molecule has 192 valence electrons. The van der Waals surface area contributed by atoms with Crippen molar-refractivity contribution in [3.05, 3.63) is 85.2 Å². The molecule has 0 radical (unpaired) electrons. The molecule has 2 aromatic heterocycles. The Labute approximate surface area is 225 Å². The Balaban J connectivity index is 1.73. The van der Waals surface area contributed by atoms with Gasteiger partial charge in [-0.15, -0.1) is 0 Å². The van der Waals surface area contributed by atoms with E-state index >= 15 is 0 Å². The summed E-state index contributed by atoms with van der Waals surface area (Å²) in [5, 5.41) is 0.528. The number of anilines is 2. The maximum absolute atomic E-state index is 14.4. The minimum atomic E-state index is -1.88. The SMILES string of the molecule is CCOC(=O)c1sc(N2C(=O)c3oc4ccc(Cl)cc4c(=O)c3C23C(=O)N(CC)c2ccccc23)nc1C. The summed E-state index contributed by atoms with van der Waals surface area (Å²) in [6.07, 6.45) is 0. The third-order valence-electron chi connectivity index (χ3n) is 6.84. The number of carbonyl (C=O) groups is 3. The van der Waals surface area contributed by atoms with Crippen molar-refractivity contribution >= 4 is 62.5 Å². The number of ether oxygens (including phenoxy) is 1. The monoisotopic (exact) mass is 549 g/mol. The number of rotatable bonds is 4. The number of nitrogens with zero attached hydrogens (tertiary/aromatic N) is 3. The lowest BCUT2D eigenvalue weighted by Gasteiger charge is -2.32. The van der Waals surface area contributed by atoms with Gasteiger partial charge in [-0.1, -0.05) is 41.1 Å². The number of likely N-dealkylation sites (N-methyl/N-ethyl adjacent to an activating group) is 1. The van der Waals surface area contributed by atoms with Crippen molar-refractivity contribution in [2.24, 2.45) is 0 Å². The van der Waals surface area contributed by atoms with Crippen LogP contribution in [-0.4, -0.2) is 35.9 Å². The average Bonchev–Trinajstić information content (AvgIpc) is 3.49. The van der Waals surface area contributed by atoms with Crippen LogP contribution in [0.25, 0.3) is 11.0 Å². The normalized spacial score (nSPS) is 18.0. The fraction of sp³-hybridized carbons (Fsp3) is 0.222. The predicted octanol–water partition coefficient (Wildman–Crippen LogP) is 4.66. The molecule has 2 amide bonds. The van der Waals surface area contributed by atoms with Crippen molar-refractivity contribution < 1.29 is 23.5 Å². The summed E-state index contributed by atoms with van der Waals surface area (Å²) in [5.41, 5.74) is -1.02. The van der Waals surface area contributed by atoms with Crippen molar-refractivity contribution in [1.29, 1.82) is 0 Å². The molecule has 4 aromatic rings. The second-order valence-electron chi connectivity index (χ2n) is 8.82. The van der Waals surface area contributed by atoms with E-state index in [1.165, 1.54) is 21.9 Å². The number of thiazole rings is 1. The first-order valence-electron chi connectivity index (χ1n) is 11.9. The van der Waals surface area contributed by atoms with E-state index in [1.54, 1.807) is 44.2 Å². The molecule has 0 saturated carbocycles. The van der Waals surface area contributed by atoms with E-state index in [4.69, 9.17) is 20.8 Å². The van der Waals surface area contributed by atoms with Crippen LogP contribution in [0.5, 0.6) is 0 Å². The molecule has 11 heteroatoms. The highest BCUT2D eigenvalue weighted by Crippen LogP contribution is 2.54. The average molecular weight is 550 g/mol. The zero-order chi connectivity index (χ0) is 26.9. The Morgan fingerprint density at radius 1 is 1.16 bits per heavy atom. The lowest BCUT2D eigenvalue weighted by atomic mass is 9.84. The lowest BCUT2D eigenvalue weighted by molar-refractivity contribution is -0.121. The summed E-state index contributed by atoms with van der Waals surface area (Å²) >= 11 is 7.11. The summed E-state index contributed by atoms with van der Waals surface area (Å²) < 4.78 is 11.2. The number of hydrogen-bond acceptors (Lipinski definition) is 8. The Bertz CT molecular complexity index is 1760. The number of esters is 1. The molecule has 9 nitrogen and oxygen atoms in total. The summed E-state index contributed by atoms with van der Waals surface area (Å²) in [7, 11) is 0. The molecule has 1 atom stereocenters. The van der Waals surface area contributed by atoms with Crippen LogP contribution in [0.2, 0.25) is 5.02 Å². The molecule has 0 fully saturated rings. The van der Waals surface area contributed by atoms with Gasteiger partial charge in [0.15, 0.2) is 16.1 Å². The van der Waals surface area contributed by atoms with E-state index in [2.05, 4.69) is 4.98 Å². The first kappa shape index (κ1) is 24.3. The number of aryl methyl sites for hydroxylation is 1. The van der Waals surface area contributed by atoms with Crippen LogP contribution in [0.15, 0.2) is 51.7 Å². The van der Waals surface area contributed by atoms with E-state index in [0.29, 0.717) is 28.5 Å². The van der Waals surface area contributed by atoms with Gasteiger partial charge < -0.3 is 14.1 Å². The Morgan fingerprint density at radius 2 is 1.92 bits per heavy atom. The van der Waals surface area contributed by atoms with Crippen molar-refractivity contribution in [2.45, 2.75) is 26.3 Å². The van der Waals surface area contributed by atoms with Gasteiger partial charge in [0.25, 0.3) is 11.8 Å². The smallest absolute Gasteiger partial charge is 0.350 e. The molecule has 6 rings (SSSR count). The van der Waals surface area contributed by atoms with Crippen LogP contribution in [0.1, 0.15) is 50.9 Å². The predicted molar refractivity (Wildman–Crippen MR) is 142 cm³/mol. The number of carbonyl (C=O) groups excluding carboxylic acids is 3. The van der Waals surface area contributed by atoms with Gasteiger partial charge in [0, 0.05) is 17.1 Å². The van der Waals surface area contributed by atoms with Crippen LogP contribution in [0.4, 0.5) is 10.8 Å². The van der Waals surface area contributed by atoms with Gasteiger partial charge in [0.1, 0.15) is 10.5 Å². The summed E-state index contributed by atoms with van der Waals surface area (Å²) in [5.74, 6) is -2.04. The molecule has 0 bridgehead atoms. The summed E-state index contributed by atoms with van der Waals surface area (Å²) in [4.78, 5) is 62.7. The molecular weight excluding hydrogens is 530 g/mol. The van der Waals surface area contributed by atoms with E-state index in [0.717, 1.165) is 11.3 Å². The number of para-hydroxylation sites is 1. The fourth-order valence-electron chi connectivity index (χ4n) is 5.31. The molecule has 0 aliphatic carbocycles. The molecular formula is C27H20ClN3O6S. The maximum atomic E-state index is 14.4. The highest BCUT2D eigenvalue weighted by Gasteiger charge is 2.66. The van der Waals surface area contributed by atoms with Crippen LogP contribution >= 0.6 is 22.9 Å². The Kier molecular flexibility index (Phi) is 5.44. The van der Waals surface area contributed by atoms with E-state index in [-0.39, 0.29) is 38.9 Å². The van der Waals surface area contributed by atoms with Gasteiger partial charge >= 0.3 is 5.97 Å². The van der Waals surface area contributed by atoms with Crippen molar-refractivity contribution in [3.63, 3.8) is 0 Å². The quantitative estimate of drug-likeness (QED) is 0.340. The fourth-order valence-corrected chi connectivity index (χ4v) is 6.50. The molecule has 1 unspecified atom stereocenters. The molecule has 1 spiro atoms. The third kappa shape index (κ3) is 3.01. The number of hydrogen-bond donors (Lipinski definition) is 0. The van der Waals surface area contributed by atoms with Crippen molar-refractivity contribution in [1.82, 2.24) is 4.98 Å². The van der Waals surface area contributed by atoms with Gasteiger partial charge in [0.2, 0.25) is 5.76 Å². The van der Waals surface area contributed by atoms with E-state index < -0.39 is 28.8 Å². The Hall–Kier alpha value is -4.02. The lowest BCUT2D eigenvalue weighted by Crippen LogP contribution is -2.53. The van der Waals surface area contributed by atoms with Crippen LogP contribution in [0.3, 0.4) is 0 Å². The van der Waals surface area contributed by atoms with Crippen LogP contribution in [0, 0.1) is 6.92 Å². The number of aromatic nitrogens is 1. The number of halogens is 1. The van der Waals surface area contributed by atoms with Gasteiger partial charge in [0.05, 0.1) is 28.9 Å². The minimum Gasteiger partial charge on any atom is -0.462 e. The molecule has 0 saturated heterocycles. The van der Waals surface area contributed by atoms with E-state index in [9.17, 15) is 19.2 Å². The molecule has 2 aromatic carbocycles. The summed E-state index contributed by atoms with van der Waals surface area (Å²) in [6, 6.07) is 11.5. The largest absolute Gasteiger partial charge is 0.462 e. The second-order valence-corrected chi connectivity index (χ2v) is 10.2. The van der Waals surface area contributed by atoms with Gasteiger partial charge in [-0.3, -0.25) is 19.3 Å². The minimum absolute atomic E-state index is 0.0737. The van der Waals surface area contributed by atoms with Crippen molar-refractivity contribution in [3.8, 4) is 0 Å². The first-order valence-corrected chi connectivity index (χ1v) is 13.1. The number of amides is 2. The zero-order valence-corrected chi connectivity index (χ0v) is 22.1. The standard InChI is InChI=1S/C27H20ClN3O6S/c1-4-30-17-9-7-6-8-16(17)27(25(30)35)19-20(32)15-12-14(28)10-11-18(15)37-21(19)23(33)31(27)26-29-13(3)22(38-26)24(34)36-5-2/h6-12H,4-5H2,1-3H3. The number of benzene rings is 2. The maximum Gasteiger partial charge on any atom is 0.350 e. The molecule has 2 aliphatic rings. The third-order valence-corrected chi connectivity index (χ3v) is 8.20. The topological polar surface area (TPSA) is 110 Å². The van der Waals surface area contributed by atoms with E-state index in [1.807, 2.05) is 6.92 Å². The van der Waals surface area contributed by atoms with Gasteiger partial charge in [-0.25, -0.2) is 9.78 Å². The summed E-state index contributed by atoms with van der Waals surface area (Å²) in [6.45, 7) is 5.57. The number of fused-ring (bicyclic) bond motifs is 5. The van der Waals surface area contributed by atoms with Gasteiger partial charge in [-0.05, 0) is 45.0 Å². The van der Waals surface area contributed by atoms with Crippen molar-refractivity contribution in [2.75, 3.05) is 23.0 Å².